The van der Waals surface area contributed by atoms with Gasteiger partial charge in [-0.25, -0.2) is 4.79 Å². The van der Waals surface area contributed by atoms with E-state index in [-0.39, 0.29) is 5.97 Å². The molecule has 2 rings (SSSR count). The van der Waals surface area contributed by atoms with Gasteiger partial charge in [-0.15, -0.1) is 0 Å². The van der Waals surface area contributed by atoms with Crippen molar-refractivity contribution in [2.45, 2.75) is 13.5 Å². The van der Waals surface area contributed by atoms with E-state index in [4.69, 9.17) is 22.1 Å². The lowest BCUT2D eigenvalue weighted by Gasteiger charge is -2.11. The maximum absolute atomic E-state index is 11.6. The number of hydrogen-bond donors (Lipinski definition) is 2. The van der Waals surface area contributed by atoms with Gasteiger partial charge in [-0.2, -0.15) is 0 Å². The van der Waals surface area contributed by atoms with Crippen molar-refractivity contribution < 1.29 is 9.53 Å². The average Bonchev–Trinajstić information content (AvgIpc) is 2.46. The Bertz CT molecular complexity index is 644. The average molecular weight is 305 g/mol. The highest BCUT2D eigenvalue weighted by Crippen LogP contribution is 2.21. The molecule has 0 saturated carbocycles. The van der Waals surface area contributed by atoms with E-state index in [1.54, 1.807) is 25.1 Å². The molecule has 0 saturated heterocycles. The smallest absolute Gasteiger partial charge is 0.338 e. The number of halogens is 1. The highest BCUT2D eigenvalue weighted by atomic mass is 35.5. The van der Waals surface area contributed by atoms with E-state index >= 15 is 0 Å². The van der Waals surface area contributed by atoms with E-state index in [0.29, 0.717) is 29.4 Å². The van der Waals surface area contributed by atoms with Crippen LogP contribution in [0.5, 0.6) is 0 Å². The summed E-state index contributed by atoms with van der Waals surface area (Å²) in [4.78, 5) is 11.6. The van der Waals surface area contributed by atoms with Gasteiger partial charge in [-0.05, 0) is 42.8 Å². The van der Waals surface area contributed by atoms with Crippen LogP contribution in [0.2, 0.25) is 5.02 Å². The summed E-state index contributed by atoms with van der Waals surface area (Å²) in [5.41, 5.74) is 8.72. The van der Waals surface area contributed by atoms with Gasteiger partial charge in [0, 0.05) is 11.6 Å². The summed E-state index contributed by atoms with van der Waals surface area (Å²) in [5, 5.41) is 3.91. The molecule has 21 heavy (non-hydrogen) atoms. The van der Waals surface area contributed by atoms with Gasteiger partial charge in [0.05, 0.1) is 23.5 Å². The monoisotopic (exact) mass is 304 g/mol. The predicted molar refractivity (Wildman–Crippen MR) is 85.6 cm³/mol. The zero-order valence-electron chi connectivity index (χ0n) is 11.7. The van der Waals surface area contributed by atoms with E-state index < -0.39 is 0 Å². The molecular weight excluding hydrogens is 288 g/mol. The summed E-state index contributed by atoms with van der Waals surface area (Å²) in [6.07, 6.45) is 0. The summed E-state index contributed by atoms with van der Waals surface area (Å²) in [6, 6.07) is 12.7. The van der Waals surface area contributed by atoms with E-state index in [1.165, 1.54) is 0 Å². The minimum atomic E-state index is -0.370. The minimum Gasteiger partial charge on any atom is -0.462 e. The molecule has 0 fully saturated rings. The Morgan fingerprint density at radius 2 is 2.10 bits per heavy atom. The van der Waals surface area contributed by atoms with Gasteiger partial charge in [-0.1, -0.05) is 23.7 Å². The second kappa shape index (κ2) is 6.99. The predicted octanol–water partition coefficient (Wildman–Crippen LogP) is 3.71. The van der Waals surface area contributed by atoms with E-state index in [1.807, 2.05) is 24.3 Å². The highest BCUT2D eigenvalue weighted by molar-refractivity contribution is 6.30. The second-order valence-electron chi connectivity index (χ2n) is 4.51. The third kappa shape index (κ3) is 4.13. The molecule has 0 bridgehead atoms. The Morgan fingerprint density at radius 3 is 2.76 bits per heavy atom. The lowest BCUT2D eigenvalue weighted by atomic mass is 10.1. The molecule has 0 aliphatic carbocycles. The summed E-state index contributed by atoms with van der Waals surface area (Å²) in [6.45, 7) is 2.71. The van der Waals surface area contributed by atoms with Crippen LogP contribution in [0.25, 0.3) is 0 Å². The van der Waals surface area contributed by atoms with Crippen LogP contribution in [-0.2, 0) is 11.3 Å². The number of esters is 1. The molecule has 110 valence electrons. The van der Waals surface area contributed by atoms with Crippen molar-refractivity contribution >= 4 is 28.9 Å². The molecule has 0 radical (unpaired) electrons. The van der Waals surface area contributed by atoms with Crippen molar-refractivity contribution in [3.05, 3.63) is 58.6 Å². The van der Waals surface area contributed by atoms with Crippen LogP contribution in [0, 0.1) is 0 Å². The largest absolute Gasteiger partial charge is 0.462 e. The number of anilines is 2. The van der Waals surface area contributed by atoms with Gasteiger partial charge in [0.15, 0.2) is 0 Å². The third-order valence-corrected chi connectivity index (χ3v) is 3.17. The van der Waals surface area contributed by atoms with Crippen LogP contribution >= 0.6 is 11.6 Å². The fraction of sp³-hybridized carbons (Fsp3) is 0.188. The second-order valence-corrected chi connectivity index (χ2v) is 4.94. The van der Waals surface area contributed by atoms with Crippen LogP contribution in [-0.4, -0.2) is 12.6 Å². The Labute approximate surface area is 128 Å². The first-order valence-electron chi connectivity index (χ1n) is 6.65. The maximum Gasteiger partial charge on any atom is 0.338 e. The van der Waals surface area contributed by atoms with Crippen molar-refractivity contribution in [3.63, 3.8) is 0 Å². The van der Waals surface area contributed by atoms with Gasteiger partial charge in [-0.3, -0.25) is 0 Å². The highest BCUT2D eigenvalue weighted by Gasteiger charge is 2.08. The van der Waals surface area contributed by atoms with Gasteiger partial charge in [0.25, 0.3) is 0 Å². The Hall–Kier alpha value is -2.20. The zero-order chi connectivity index (χ0) is 15.2. The van der Waals surface area contributed by atoms with E-state index in [0.717, 1.165) is 11.3 Å². The first-order valence-corrected chi connectivity index (χ1v) is 7.03. The molecule has 2 aromatic carbocycles. The molecule has 5 heteroatoms. The van der Waals surface area contributed by atoms with Crippen molar-refractivity contribution in [3.8, 4) is 0 Å². The van der Waals surface area contributed by atoms with Crippen LogP contribution in [0.1, 0.15) is 22.8 Å². The van der Waals surface area contributed by atoms with Gasteiger partial charge < -0.3 is 15.8 Å². The summed E-state index contributed by atoms with van der Waals surface area (Å²) in [5.74, 6) is -0.370. The first-order chi connectivity index (χ1) is 10.1. The summed E-state index contributed by atoms with van der Waals surface area (Å²) in [7, 11) is 0. The van der Waals surface area contributed by atoms with Crippen molar-refractivity contribution in [2.24, 2.45) is 0 Å². The van der Waals surface area contributed by atoms with Crippen LogP contribution in [0.4, 0.5) is 11.4 Å². The number of nitrogens with one attached hydrogen (secondary N) is 1. The Kier molecular flexibility index (Phi) is 5.06. The minimum absolute atomic E-state index is 0.341. The molecule has 0 heterocycles. The number of benzene rings is 2. The number of rotatable bonds is 5. The number of carbonyl (C=O) groups is 1. The number of nitrogens with two attached hydrogens (primary N) is 1. The molecule has 0 aliphatic heterocycles. The van der Waals surface area contributed by atoms with Gasteiger partial charge in [0.1, 0.15) is 0 Å². The van der Waals surface area contributed by atoms with Crippen LogP contribution in [0.3, 0.4) is 0 Å². The Morgan fingerprint density at radius 1 is 1.29 bits per heavy atom. The number of ether oxygens (including phenoxy) is 1. The Balaban J connectivity index is 2.06. The van der Waals surface area contributed by atoms with Crippen molar-refractivity contribution in [2.75, 3.05) is 17.7 Å². The lowest BCUT2D eigenvalue weighted by Crippen LogP contribution is -2.07. The molecule has 2 aromatic rings. The summed E-state index contributed by atoms with van der Waals surface area (Å²) < 4.78 is 4.94. The molecule has 0 aliphatic rings. The fourth-order valence-electron chi connectivity index (χ4n) is 1.91. The third-order valence-electron chi connectivity index (χ3n) is 2.93. The normalized spacial score (nSPS) is 10.2. The fourth-order valence-corrected chi connectivity index (χ4v) is 2.12. The van der Waals surface area contributed by atoms with E-state index in [2.05, 4.69) is 5.32 Å². The first kappa shape index (κ1) is 15.2. The maximum atomic E-state index is 11.6. The number of hydrogen-bond acceptors (Lipinski definition) is 4. The van der Waals surface area contributed by atoms with Crippen LogP contribution < -0.4 is 11.1 Å². The zero-order valence-corrected chi connectivity index (χ0v) is 12.5. The van der Waals surface area contributed by atoms with Crippen LogP contribution in [0.15, 0.2) is 42.5 Å². The van der Waals surface area contributed by atoms with Crippen molar-refractivity contribution in [1.82, 2.24) is 0 Å². The van der Waals surface area contributed by atoms with E-state index in [9.17, 15) is 4.79 Å². The molecular formula is C16H17ClN2O2. The topological polar surface area (TPSA) is 64.3 Å². The lowest BCUT2D eigenvalue weighted by molar-refractivity contribution is 0.0526. The molecule has 4 nitrogen and oxygen atoms in total. The molecule has 0 amide bonds. The van der Waals surface area contributed by atoms with Gasteiger partial charge in [0.2, 0.25) is 0 Å². The molecule has 3 N–H and O–H groups in total. The number of carbonyl (C=O) groups excluding carboxylic acids is 1. The molecule has 0 atom stereocenters. The number of nitrogen functional groups attached to an aromatic ring is 1. The van der Waals surface area contributed by atoms with Gasteiger partial charge >= 0.3 is 5.97 Å². The molecule has 0 aromatic heterocycles. The van der Waals surface area contributed by atoms with Crippen molar-refractivity contribution in [1.29, 1.82) is 0 Å². The quantitative estimate of drug-likeness (QED) is 0.653. The summed E-state index contributed by atoms with van der Waals surface area (Å²) >= 11 is 5.94. The standard InChI is InChI=1S/C16H17ClN2O2/c1-2-21-16(20)12-6-7-15(14(18)9-12)19-10-11-4-3-5-13(17)8-11/h3-9,19H,2,10,18H2,1H3. The molecule has 0 spiro atoms. The SMILES string of the molecule is CCOC(=O)c1ccc(NCc2cccc(Cl)c2)c(N)c1. The molecule has 0 unspecified atom stereocenters.